The molecule has 1 amide bonds. The van der Waals surface area contributed by atoms with Crippen LogP contribution >= 0.6 is 0 Å². The maximum atomic E-state index is 13.1. The highest BCUT2D eigenvalue weighted by molar-refractivity contribution is 7.92. The molecule has 1 aromatic rings. The second kappa shape index (κ2) is 3.99. The van der Waals surface area contributed by atoms with Crippen LogP contribution in [0.4, 0.5) is 15.8 Å². The highest BCUT2D eigenvalue weighted by Gasteiger charge is 2.25. The number of rotatable bonds is 1. The van der Waals surface area contributed by atoms with Crippen LogP contribution in [-0.4, -0.2) is 27.1 Å². The Bertz CT molecular complexity index is 571. The summed E-state index contributed by atoms with van der Waals surface area (Å²) in [5, 5.41) is 2.48. The van der Waals surface area contributed by atoms with Crippen molar-refractivity contribution < 1.29 is 17.6 Å². The molecule has 1 aliphatic heterocycles. The summed E-state index contributed by atoms with van der Waals surface area (Å²) in [6, 6.07) is 3.61. The van der Waals surface area contributed by atoms with Gasteiger partial charge in [0.25, 0.3) is 0 Å². The number of carbonyl (C=O) groups excluding carboxylic acids is 1. The fraction of sp³-hybridized carbons (Fsp3) is 0.300. The van der Waals surface area contributed by atoms with E-state index < -0.39 is 15.8 Å². The van der Waals surface area contributed by atoms with Crippen LogP contribution in [0.3, 0.4) is 0 Å². The number of nitrogens with one attached hydrogen (secondary N) is 1. The van der Waals surface area contributed by atoms with E-state index in [4.69, 9.17) is 0 Å². The minimum atomic E-state index is -3.48. The van der Waals surface area contributed by atoms with Crippen molar-refractivity contribution in [3.05, 3.63) is 24.0 Å². The summed E-state index contributed by atoms with van der Waals surface area (Å²) in [7, 11) is -3.48. The van der Waals surface area contributed by atoms with Crippen LogP contribution < -0.4 is 9.62 Å². The van der Waals surface area contributed by atoms with Crippen LogP contribution in [0.5, 0.6) is 0 Å². The minimum absolute atomic E-state index is 0.0450. The Morgan fingerprint density at radius 1 is 1.41 bits per heavy atom. The Balaban J connectivity index is 2.58. The predicted octanol–water partition coefficient (Wildman–Crippen LogP) is 0.934. The number of benzene rings is 1. The summed E-state index contributed by atoms with van der Waals surface area (Å²) < 4.78 is 37.3. The SMILES string of the molecule is CS(=O)(=O)N1CCC(=O)Nc2cc(F)ccc21. The van der Waals surface area contributed by atoms with Gasteiger partial charge in [-0.3, -0.25) is 9.10 Å². The number of hydrogen-bond donors (Lipinski definition) is 1. The van der Waals surface area contributed by atoms with Crippen molar-refractivity contribution >= 4 is 27.3 Å². The first-order chi connectivity index (χ1) is 7.88. The zero-order chi connectivity index (χ0) is 12.6. The number of hydrogen-bond acceptors (Lipinski definition) is 3. The summed E-state index contributed by atoms with van der Waals surface area (Å²) >= 11 is 0. The third-order valence-electron chi connectivity index (χ3n) is 2.44. The summed E-state index contributed by atoms with van der Waals surface area (Å²) in [5.41, 5.74) is 0.470. The molecule has 0 aromatic heterocycles. The highest BCUT2D eigenvalue weighted by Crippen LogP contribution is 2.30. The fourth-order valence-electron chi connectivity index (χ4n) is 1.71. The van der Waals surface area contributed by atoms with Gasteiger partial charge in [-0.05, 0) is 18.2 Å². The van der Waals surface area contributed by atoms with Crippen molar-refractivity contribution in [2.24, 2.45) is 0 Å². The molecule has 0 saturated carbocycles. The van der Waals surface area contributed by atoms with Gasteiger partial charge >= 0.3 is 0 Å². The number of fused-ring (bicyclic) bond motifs is 1. The normalized spacial score (nSPS) is 16.1. The molecule has 1 aliphatic rings. The maximum Gasteiger partial charge on any atom is 0.232 e. The molecule has 0 radical (unpaired) electrons. The number of halogens is 1. The van der Waals surface area contributed by atoms with Crippen LogP contribution in [-0.2, 0) is 14.8 Å². The molecule has 7 heteroatoms. The van der Waals surface area contributed by atoms with Gasteiger partial charge in [0, 0.05) is 13.0 Å². The number of carbonyl (C=O) groups is 1. The summed E-state index contributed by atoms with van der Waals surface area (Å²) in [4.78, 5) is 11.4. The Labute approximate surface area is 98.3 Å². The average Bonchev–Trinajstić information content (AvgIpc) is 2.34. The molecule has 1 N–H and O–H groups in total. The van der Waals surface area contributed by atoms with Gasteiger partial charge in [0.2, 0.25) is 15.9 Å². The molecule has 92 valence electrons. The molecule has 0 spiro atoms. The van der Waals surface area contributed by atoms with E-state index in [1.165, 1.54) is 6.07 Å². The van der Waals surface area contributed by atoms with Crippen LogP contribution in [0.1, 0.15) is 6.42 Å². The molecule has 2 rings (SSSR count). The van der Waals surface area contributed by atoms with Gasteiger partial charge in [-0.15, -0.1) is 0 Å². The number of sulfonamides is 1. The molecule has 5 nitrogen and oxygen atoms in total. The average molecular weight is 258 g/mol. The summed E-state index contributed by atoms with van der Waals surface area (Å²) in [6.45, 7) is 0.0588. The lowest BCUT2D eigenvalue weighted by atomic mass is 10.2. The number of amides is 1. The van der Waals surface area contributed by atoms with Gasteiger partial charge in [0.05, 0.1) is 17.6 Å². The lowest BCUT2D eigenvalue weighted by molar-refractivity contribution is -0.115. The van der Waals surface area contributed by atoms with Gasteiger partial charge in [-0.1, -0.05) is 0 Å². The third-order valence-corrected chi connectivity index (χ3v) is 3.62. The van der Waals surface area contributed by atoms with Gasteiger partial charge in [-0.25, -0.2) is 12.8 Å². The minimum Gasteiger partial charge on any atom is -0.324 e. The van der Waals surface area contributed by atoms with E-state index in [0.717, 1.165) is 22.7 Å². The van der Waals surface area contributed by atoms with E-state index in [1.807, 2.05) is 0 Å². The number of anilines is 2. The van der Waals surface area contributed by atoms with Gasteiger partial charge in [-0.2, -0.15) is 0 Å². The monoisotopic (exact) mass is 258 g/mol. The van der Waals surface area contributed by atoms with Crippen LogP contribution in [0.25, 0.3) is 0 Å². The van der Waals surface area contributed by atoms with E-state index in [0.29, 0.717) is 5.69 Å². The first kappa shape index (κ1) is 11.8. The Morgan fingerprint density at radius 2 is 2.12 bits per heavy atom. The molecule has 17 heavy (non-hydrogen) atoms. The first-order valence-corrected chi connectivity index (χ1v) is 6.80. The van der Waals surface area contributed by atoms with Crippen molar-refractivity contribution in [2.45, 2.75) is 6.42 Å². The Morgan fingerprint density at radius 3 is 2.76 bits per heavy atom. The molecule has 0 bridgehead atoms. The summed E-state index contributed by atoms with van der Waals surface area (Å²) in [6.07, 6.45) is 1.10. The third kappa shape index (κ3) is 2.38. The Hall–Kier alpha value is -1.63. The lowest BCUT2D eigenvalue weighted by Gasteiger charge is -2.21. The molecule has 1 aromatic carbocycles. The predicted molar refractivity (Wildman–Crippen MR) is 61.8 cm³/mol. The van der Waals surface area contributed by atoms with Crippen molar-refractivity contribution in [2.75, 3.05) is 22.4 Å². The maximum absolute atomic E-state index is 13.1. The molecule has 0 atom stereocenters. The highest BCUT2D eigenvalue weighted by atomic mass is 32.2. The van der Waals surface area contributed by atoms with Crippen molar-refractivity contribution in [1.29, 1.82) is 0 Å². The van der Waals surface area contributed by atoms with Gasteiger partial charge < -0.3 is 5.32 Å². The van der Waals surface area contributed by atoms with E-state index in [-0.39, 0.29) is 24.6 Å². The standard InChI is InChI=1S/C10H11FN2O3S/c1-17(15,16)13-5-4-10(14)12-8-6-7(11)2-3-9(8)13/h2-3,6H,4-5H2,1H3,(H,12,14). The molecule has 0 unspecified atom stereocenters. The molecule has 0 fully saturated rings. The van der Waals surface area contributed by atoms with Crippen LogP contribution in [0, 0.1) is 5.82 Å². The molecular weight excluding hydrogens is 247 g/mol. The zero-order valence-corrected chi connectivity index (χ0v) is 9.92. The Kier molecular flexibility index (Phi) is 2.78. The van der Waals surface area contributed by atoms with Crippen LogP contribution in [0.2, 0.25) is 0 Å². The molecular formula is C10H11FN2O3S. The molecule has 1 heterocycles. The van der Waals surface area contributed by atoms with E-state index in [1.54, 1.807) is 0 Å². The zero-order valence-electron chi connectivity index (χ0n) is 9.10. The quantitative estimate of drug-likeness (QED) is 0.815. The van der Waals surface area contributed by atoms with Crippen molar-refractivity contribution in [3.63, 3.8) is 0 Å². The lowest BCUT2D eigenvalue weighted by Crippen LogP contribution is -2.30. The second-order valence-electron chi connectivity index (χ2n) is 3.79. The molecule has 0 saturated heterocycles. The van der Waals surface area contributed by atoms with Gasteiger partial charge in [0.1, 0.15) is 5.82 Å². The molecule has 0 aliphatic carbocycles. The van der Waals surface area contributed by atoms with Crippen molar-refractivity contribution in [1.82, 2.24) is 0 Å². The topological polar surface area (TPSA) is 66.5 Å². The van der Waals surface area contributed by atoms with Crippen LogP contribution in [0.15, 0.2) is 18.2 Å². The number of nitrogens with zero attached hydrogens (tertiary/aromatic N) is 1. The van der Waals surface area contributed by atoms with Gasteiger partial charge in [0.15, 0.2) is 0 Å². The smallest absolute Gasteiger partial charge is 0.232 e. The van der Waals surface area contributed by atoms with E-state index >= 15 is 0 Å². The second-order valence-corrected chi connectivity index (χ2v) is 5.70. The first-order valence-electron chi connectivity index (χ1n) is 4.95. The summed E-state index contributed by atoms with van der Waals surface area (Å²) in [5.74, 6) is -0.859. The van der Waals surface area contributed by atoms with E-state index in [9.17, 15) is 17.6 Å². The largest absolute Gasteiger partial charge is 0.324 e. The van der Waals surface area contributed by atoms with E-state index in [2.05, 4.69) is 5.32 Å². The fourth-order valence-corrected chi connectivity index (χ4v) is 2.65. The van der Waals surface area contributed by atoms with Crippen molar-refractivity contribution in [3.8, 4) is 0 Å².